The molecule has 0 saturated heterocycles. The molecule has 1 N–H and O–H groups in total. The lowest BCUT2D eigenvalue weighted by Crippen LogP contribution is -2.38. The molecule has 0 bridgehead atoms. The van der Waals surface area contributed by atoms with Gasteiger partial charge in [-0.25, -0.2) is 4.79 Å². The van der Waals surface area contributed by atoms with Gasteiger partial charge in [0.25, 0.3) is 5.91 Å². The first-order valence-electron chi connectivity index (χ1n) is 5.70. The fraction of sp³-hybridized carbons (Fsp3) is 0.727. The summed E-state index contributed by atoms with van der Waals surface area (Å²) < 4.78 is 0. The summed E-state index contributed by atoms with van der Waals surface area (Å²) in [6, 6.07) is 0. The molecule has 1 amide bonds. The predicted octanol–water partition coefficient (Wildman–Crippen LogP) is 0.330. The first kappa shape index (κ1) is 11.9. The van der Waals surface area contributed by atoms with Crippen molar-refractivity contribution in [3.05, 3.63) is 0 Å². The number of hydrogen-bond donors (Lipinski definition) is 1. The van der Waals surface area contributed by atoms with E-state index < -0.39 is 12.1 Å². The lowest BCUT2D eigenvalue weighted by atomic mass is 10.1. The van der Waals surface area contributed by atoms with Crippen molar-refractivity contribution in [3.8, 4) is 0 Å². The fourth-order valence-electron chi connectivity index (χ4n) is 1.98. The van der Waals surface area contributed by atoms with Crippen LogP contribution >= 0.6 is 0 Å². The summed E-state index contributed by atoms with van der Waals surface area (Å²) in [7, 11) is 1.72. The Balaban J connectivity index is 1.83. The molecular weight excluding hydrogens is 224 g/mol. The van der Waals surface area contributed by atoms with E-state index in [4.69, 9.17) is 9.94 Å². The van der Waals surface area contributed by atoms with Crippen molar-refractivity contribution < 1.29 is 19.5 Å². The van der Waals surface area contributed by atoms with E-state index >= 15 is 0 Å². The first-order valence-corrected chi connectivity index (χ1v) is 5.70. The molecule has 0 aromatic heterocycles. The van der Waals surface area contributed by atoms with Crippen molar-refractivity contribution in [2.24, 2.45) is 17.0 Å². The van der Waals surface area contributed by atoms with Crippen LogP contribution in [0.25, 0.3) is 0 Å². The number of carboxylic acids is 1. The highest BCUT2D eigenvalue weighted by Gasteiger charge is 2.38. The Morgan fingerprint density at radius 2 is 2.24 bits per heavy atom. The molecule has 1 aliphatic heterocycles. The Kier molecular flexibility index (Phi) is 3.04. The van der Waals surface area contributed by atoms with Gasteiger partial charge in [-0.1, -0.05) is 12.1 Å². The molecule has 6 nitrogen and oxygen atoms in total. The van der Waals surface area contributed by atoms with Crippen LogP contribution in [-0.4, -0.2) is 47.3 Å². The second kappa shape index (κ2) is 4.35. The van der Waals surface area contributed by atoms with Gasteiger partial charge in [-0.3, -0.25) is 4.79 Å². The van der Waals surface area contributed by atoms with E-state index in [1.165, 1.54) is 0 Å². The summed E-state index contributed by atoms with van der Waals surface area (Å²) in [5, 5.41) is 12.1. The number of carbonyl (C=O) groups excluding carboxylic acids is 1. The molecule has 0 spiro atoms. The molecule has 94 valence electrons. The van der Waals surface area contributed by atoms with Gasteiger partial charge in [-0.2, -0.15) is 0 Å². The zero-order chi connectivity index (χ0) is 12.6. The van der Waals surface area contributed by atoms with Crippen LogP contribution in [-0.2, 0) is 14.4 Å². The van der Waals surface area contributed by atoms with E-state index in [0.29, 0.717) is 18.4 Å². The summed E-state index contributed by atoms with van der Waals surface area (Å²) in [6.07, 6.45) is 0.443. The topological polar surface area (TPSA) is 79.2 Å². The molecule has 0 radical (unpaired) electrons. The molecule has 17 heavy (non-hydrogen) atoms. The minimum Gasteiger partial charge on any atom is -0.477 e. The third-order valence-electron chi connectivity index (χ3n) is 3.35. The molecule has 6 heteroatoms. The molecule has 1 saturated carbocycles. The average molecular weight is 240 g/mol. The monoisotopic (exact) mass is 240 g/mol. The van der Waals surface area contributed by atoms with Crippen LogP contribution in [0.5, 0.6) is 0 Å². The van der Waals surface area contributed by atoms with Gasteiger partial charge in [0, 0.05) is 20.0 Å². The van der Waals surface area contributed by atoms with Gasteiger partial charge in [0.1, 0.15) is 0 Å². The van der Waals surface area contributed by atoms with Crippen LogP contribution in [0, 0.1) is 11.8 Å². The van der Waals surface area contributed by atoms with Gasteiger partial charge in [-0.15, -0.1) is 0 Å². The van der Waals surface area contributed by atoms with E-state index in [2.05, 4.69) is 12.1 Å². The zero-order valence-electron chi connectivity index (χ0n) is 9.92. The average Bonchev–Trinajstić information content (AvgIpc) is 2.82. The van der Waals surface area contributed by atoms with Gasteiger partial charge < -0.3 is 14.8 Å². The van der Waals surface area contributed by atoms with E-state index in [1.807, 2.05) is 0 Å². The van der Waals surface area contributed by atoms with Crippen LogP contribution in [0.1, 0.15) is 19.8 Å². The molecular formula is C11H16N2O4. The summed E-state index contributed by atoms with van der Waals surface area (Å²) in [5.74, 6) is -0.0614. The Morgan fingerprint density at radius 1 is 1.59 bits per heavy atom. The molecule has 1 aliphatic carbocycles. The first-order chi connectivity index (χ1) is 7.99. The van der Waals surface area contributed by atoms with E-state index in [1.54, 1.807) is 11.9 Å². The van der Waals surface area contributed by atoms with Crippen molar-refractivity contribution in [2.45, 2.75) is 25.9 Å². The largest absolute Gasteiger partial charge is 0.477 e. The van der Waals surface area contributed by atoms with Gasteiger partial charge >= 0.3 is 5.97 Å². The van der Waals surface area contributed by atoms with Crippen LogP contribution in [0.2, 0.25) is 0 Å². The molecule has 2 aliphatic rings. The number of nitrogens with zero attached hydrogens (tertiary/aromatic N) is 2. The normalized spacial score (nSPS) is 30.5. The second-order valence-electron chi connectivity index (χ2n) is 4.83. The minimum absolute atomic E-state index is 0.0543. The molecule has 2 rings (SSSR count). The number of oxime groups is 1. The SMILES string of the molecule is CC1CC1CN(C)C(=O)C1CC(C(=O)O)=NO1. The maximum absolute atomic E-state index is 11.9. The van der Waals surface area contributed by atoms with E-state index in [9.17, 15) is 9.59 Å². The van der Waals surface area contributed by atoms with Crippen molar-refractivity contribution >= 4 is 17.6 Å². The Hall–Kier alpha value is -1.59. The van der Waals surface area contributed by atoms with Crippen molar-refractivity contribution in [1.82, 2.24) is 4.90 Å². The van der Waals surface area contributed by atoms with Crippen molar-refractivity contribution in [1.29, 1.82) is 0 Å². The lowest BCUT2D eigenvalue weighted by Gasteiger charge is -2.19. The van der Waals surface area contributed by atoms with Crippen molar-refractivity contribution in [3.63, 3.8) is 0 Å². The smallest absolute Gasteiger partial charge is 0.353 e. The third kappa shape index (κ3) is 2.57. The number of carboxylic acid groups (broad SMARTS) is 1. The Labute approximate surface area is 99.2 Å². The maximum Gasteiger partial charge on any atom is 0.353 e. The molecule has 0 aromatic rings. The maximum atomic E-state index is 11.9. The molecule has 3 atom stereocenters. The Morgan fingerprint density at radius 3 is 2.71 bits per heavy atom. The number of rotatable bonds is 4. The van der Waals surface area contributed by atoms with Gasteiger partial charge in [-0.05, 0) is 18.3 Å². The lowest BCUT2D eigenvalue weighted by molar-refractivity contribution is -0.140. The number of aliphatic carboxylic acids is 1. The van der Waals surface area contributed by atoms with Gasteiger partial charge in [0.2, 0.25) is 6.10 Å². The third-order valence-corrected chi connectivity index (χ3v) is 3.35. The summed E-state index contributed by atoms with van der Waals surface area (Å²) in [5.41, 5.74) is -0.0865. The van der Waals surface area contributed by atoms with Crippen LogP contribution in [0.15, 0.2) is 5.16 Å². The zero-order valence-corrected chi connectivity index (χ0v) is 9.92. The Bertz CT molecular complexity index is 380. The summed E-state index contributed by atoms with van der Waals surface area (Å²) in [4.78, 5) is 29.0. The van der Waals surface area contributed by atoms with Crippen LogP contribution < -0.4 is 0 Å². The highest BCUT2D eigenvalue weighted by atomic mass is 16.6. The predicted molar refractivity (Wildman–Crippen MR) is 59.5 cm³/mol. The molecule has 3 unspecified atom stereocenters. The second-order valence-corrected chi connectivity index (χ2v) is 4.83. The molecule has 0 aromatic carbocycles. The van der Waals surface area contributed by atoms with E-state index in [-0.39, 0.29) is 18.0 Å². The van der Waals surface area contributed by atoms with Crippen molar-refractivity contribution in [2.75, 3.05) is 13.6 Å². The minimum atomic E-state index is -1.13. The quantitative estimate of drug-likeness (QED) is 0.768. The van der Waals surface area contributed by atoms with Crippen LogP contribution in [0.3, 0.4) is 0 Å². The number of likely N-dealkylation sites (N-methyl/N-ethyl adjacent to an activating group) is 1. The van der Waals surface area contributed by atoms with Gasteiger partial charge in [0.05, 0.1) is 0 Å². The van der Waals surface area contributed by atoms with Gasteiger partial charge in [0.15, 0.2) is 5.71 Å². The van der Waals surface area contributed by atoms with Crippen LogP contribution in [0.4, 0.5) is 0 Å². The molecule has 1 fully saturated rings. The number of hydrogen-bond acceptors (Lipinski definition) is 4. The fourth-order valence-corrected chi connectivity index (χ4v) is 1.98. The van der Waals surface area contributed by atoms with E-state index in [0.717, 1.165) is 6.42 Å². The standard InChI is InChI=1S/C11H16N2O4/c1-6-3-7(6)5-13(2)10(14)9-4-8(11(15)16)12-17-9/h6-7,9H,3-5H2,1-2H3,(H,15,16). The number of carbonyl (C=O) groups is 2. The summed E-state index contributed by atoms with van der Waals surface area (Å²) >= 11 is 0. The number of amides is 1. The highest BCUT2D eigenvalue weighted by molar-refractivity contribution is 6.36. The summed E-state index contributed by atoms with van der Waals surface area (Å²) in [6.45, 7) is 2.86. The molecule has 1 heterocycles. The highest BCUT2D eigenvalue weighted by Crippen LogP contribution is 2.38.